The van der Waals surface area contributed by atoms with Crippen LogP contribution in [0.5, 0.6) is 0 Å². The van der Waals surface area contributed by atoms with E-state index in [1.807, 2.05) is 18.2 Å². The van der Waals surface area contributed by atoms with Gasteiger partial charge in [-0.15, -0.1) is 0 Å². The van der Waals surface area contributed by atoms with Crippen LogP contribution < -0.4 is 10.6 Å². The molecule has 2 atom stereocenters. The lowest BCUT2D eigenvalue weighted by molar-refractivity contribution is -0.124. The van der Waals surface area contributed by atoms with Gasteiger partial charge >= 0.3 is 0 Å². The zero-order chi connectivity index (χ0) is 13.9. The Labute approximate surface area is 115 Å². The molecule has 0 spiro atoms. The van der Waals surface area contributed by atoms with E-state index in [0.717, 1.165) is 19.4 Å². The maximum atomic E-state index is 12.3. The summed E-state index contributed by atoms with van der Waals surface area (Å²) >= 11 is 0. The van der Waals surface area contributed by atoms with E-state index in [1.165, 1.54) is 5.56 Å². The van der Waals surface area contributed by atoms with Crippen LogP contribution in [0.4, 0.5) is 0 Å². The molecule has 0 aliphatic carbocycles. The van der Waals surface area contributed by atoms with Gasteiger partial charge in [0.15, 0.2) is 0 Å². The summed E-state index contributed by atoms with van der Waals surface area (Å²) in [5.74, 6) is 0.126. The highest BCUT2D eigenvalue weighted by atomic mass is 16.2. The van der Waals surface area contributed by atoms with Crippen LogP contribution in [0.3, 0.4) is 0 Å². The third-order valence-electron chi connectivity index (χ3n) is 3.66. The summed E-state index contributed by atoms with van der Waals surface area (Å²) in [4.78, 5) is 12.3. The summed E-state index contributed by atoms with van der Waals surface area (Å²) in [7, 11) is 0. The van der Waals surface area contributed by atoms with Crippen LogP contribution in [0.25, 0.3) is 0 Å². The second kappa shape index (κ2) is 5.74. The molecule has 1 aromatic carbocycles. The smallest absolute Gasteiger partial charge is 0.237 e. The number of nitrogens with one attached hydrogen (secondary N) is 2. The lowest BCUT2D eigenvalue weighted by atomic mass is 9.82. The van der Waals surface area contributed by atoms with Crippen molar-refractivity contribution in [2.45, 2.75) is 45.7 Å². The van der Waals surface area contributed by atoms with Gasteiger partial charge in [-0.05, 0) is 30.4 Å². The van der Waals surface area contributed by atoms with Crippen LogP contribution in [0.15, 0.2) is 30.3 Å². The zero-order valence-corrected chi connectivity index (χ0v) is 12.1. The molecular weight excluding hydrogens is 236 g/mol. The van der Waals surface area contributed by atoms with E-state index < -0.39 is 0 Å². The first-order valence-corrected chi connectivity index (χ1v) is 7.07. The molecule has 1 heterocycles. The summed E-state index contributed by atoms with van der Waals surface area (Å²) in [6.07, 6.45) is 2.03. The fourth-order valence-electron chi connectivity index (χ4n) is 2.60. The van der Waals surface area contributed by atoms with Crippen molar-refractivity contribution in [3.05, 3.63) is 35.9 Å². The van der Waals surface area contributed by atoms with Gasteiger partial charge in [-0.2, -0.15) is 0 Å². The van der Waals surface area contributed by atoms with Crippen molar-refractivity contribution in [3.8, 4) is 0 Å². The standard InChI is InChI=1S/C16H24N2O/c1-16(2,3)14(12-8-5-4-6-9-12)18-15(19)13-10-7-11-17-13/h4-6,8-9,13-14,17H,7,10-11H2,1-3H3,(H,18,19)/t13-,14?/m1/s1. The Morgan fingerprint density at radius 3 is 2.53 bits per heavy atom. The van der Waals surface area contributed by atoms with Gasteiger partial charge in [-0.25, -0.2) is 0 Å². The molecular formula is C16H24N2O. The van der Waals surface area contributed by atoms with E-state index in [4.69, 9.17) is 0 Å². The first kappa shape index (κ1) is 14.1. The fraction of sp³-hybridized carbons (Fsp3) is 0.562. The van der Waals surface area contributed by atoms with E-state index in [1.54, 1.807) is 0 Å². The molecule has 2 rings (SSSR count). The van der Waals surface area contributed by atoms with Crippen LogP contribution in [-0.2, 0) is 4.79 Å². The van der Waals surface area contributed by atoms with Gasteiger partial charge in [0, 0.05) is 0 Å². The molecule has 0 aromatic heterocycles. The van der Waals surface area contributed by atoms with Gasteiger partial charge in [-0.3, -0.25) is 4.79 Å². The van der Waals surface area contributed by atoms with E-state index >= 15 is 0 Å². The topological polar surface area (TPSA) is 41.1 Å². The van der Waals surface area contributed by atoms with E-state index in [0.29, 0.717) is 0 Å². The third kappa shape index (κ3) is 3.57. The predicted molar refractivity (Wildman–Crippen MR) is 77.8 cm³/mol. The lowest BCUT2D eigenvalue weighted by Gasteiger charge is -2.32. The largest absolute Gasteiger partial charge is 0.347 e. The second-order valence-electron chi connectivity index (χ2n) is 6.37. The molecule has 1 unspecified atom stereocenters. The molecule has 0 saturated carbocycles. The molecule has 1 fully saturated rings. The number of rotatable bonds is 3. The molecule has 0 bridgehead atoms. The van der Waals surface area contributed by atoms with Crippen molar-refractivity contribution >= 4 is 5.91 Å². The van der Waals surface area contributed by atoms with E-state index in [2.05, 4.69) is 43.5 Å². The normalized spacial score (nSPS) is 21.1. The second-order valence-corrected chi connectivity index (χ2v) is 6.37. The Morgan fingerprint density at radius 1 is 1.32 bits per heavy atom. The number of carbonyl (C=O) groups excluding carboxylic acids is 1. The third-order valence-corrected chi connectivity index (χ3v) is 3.66. The number of hydrogen-bond donors (Lipinski definition) is 2. The molecule has 3 heteroatoms. The van der Waals surface area contributed by atoms with Crippen LogP contribution in [0, 0.1) is 5.41 Å². The van der Waals surface area contributed by atoms with E-state index in [-0.39, 0.29) is 23.4 Å². The average molecular weight is 260 g/mol. The number of hydrogen-bond acceptors (Lipinski definition) is 2. The van der Waals surface area contributed by atoms with Crippen molar-refractivity contribution < 1.29 is 4.79 Å². The number of benzene rings is 1. The van der Waals surface area contributed by atoms with Crippen LogP contribution in [0.2, 0.25) is 0 Å². The van der Waals surface area contributed by atoms with Crippen LogP contribution in [-0.4, -0.2) is 18.5 Å². The summed E-state index contributed by atoms with van der Waals surface area (Å²) in [5, 5.41) is 6.47. The van der Waals surface area contributed by atoms with Crippen molar-refractivity contribution in [1.29, 1.82) is 0 Å². The monoisotopic (exact) mass is 260 g/mol. The van der Waals surface area contributed by atoms with Crippen molar-refractivity contribution in [3.63, 3.8) is 0 Å². The fourth-order valence-corrected chi connectivity index (χ4v) is 2.60. The summed E-state index contributed by atoms with van der Waals surface area (Å²) < 4.78 is 0. The van der Waals surface area contributed by atoms with Gasteiger partial charge in [-0.1, -0.05) is 51.1 Å². The Hall–Kier alpha value is -1.35. The highest BCUT2D eigenvalue weighted by molar-refractivity contribution is 5.82. The molecule has 1 aromatic rings. The van der Waals surface area contributed by atoms with Crippen molar-refractivity contribution in [2.24, 2.45) is 5.41 Å². The molecule has 0 radical (unpaired) electrons. The number of carbonyl (C=O) groups is 1. The highest BCUT2D eigenvalue weighted by Crippen LogP contribution is 2.32. The molecule has 3 nitrogen and oxygen atoms in total. The molecule has 104 valence electrons. The SMILES string of the molecule is CC(C)(C)C(NC(=O)[C@H]1CCCN1)c1ccccc1. The van der Waals surface area contributed by atoms with Gasteiger partial charge < -0.3 is 10.6 Å². The van der Waals surface area contributed by atoms with Gasteiger partial charge in [0.25, 0.3) is 0 Å². The minimum Gasteiger partial charge on any atom is -0.347 e. The Morgan fingerprint density at radius 2 is 2.00 bits per heavy atom. The van der Waals surface area contributed by atoms with Crippen molar-refractivity contribution in [2.75, 3.05) is 6.54 Å². The Bertz CT molecular complexity index is 416. The van der Waals surface area contributed by atoms with E-state index in [9.17, 15) is 4.79 Å². The van der Waals surface area contributed by atoms with Gasteiger partial charge in [0.05, 0.1) is 12.1 Å². The zero-order valence-electron chi connectivity index (χ0n) is 12.1. The maximum Gasteiger partial charge on any atom is 0.237 e. The molecule has 1 amide bonds. The first-order valence-electron chi connectivity index (χ1n) is 7.07. The molecule has 1 saturated heterocycles. The number of amides is 1. The summed E-state index contributed by atoms with van der Waals surface area (Å²) in [6.45, 7) is 7.43. The van der Waals surface area contributed by atoms with Crippen molar-refractivity contribution in [1.82, 2.24) is 10.6 Å². The van der Waals surface area contributed by atoms with Gasteiger partial charge in [0.1, 0.15) is 0 Å². The Balaban J connectivity index is 2.13. The molecule has 2 N–H and O–H groups in total. The predicted octanol–water partition coefficient (Wildman–Crippen LogP) is 2.64. The average Bonchev–Trinajstić information content (AvgIpc) is 2.89. The van der Waals surface area contributed by atoms with Crippen LogP contribution >= 0.6 is 0 Å². The summed E-state index contributed by atoms with van der Waals surface area (Å²) in [5.41, 5.74) is 1.16. The molecule has 1 aliphatic rings. The molecule has 19 heavy (non-hydrogen) atoms. The highest BCUT2D eigenvalue weighted by Gasteiger charge is 2.31. The first-order chi connectivity index (χ1) is 8.98. The minimum absolute atomic E-state index is 0.00435. The maximum absolute atomic E-state index is 12.3. The lowest BCUT2D eigenvalue weighted by Crippen LogP contribution is -2.45. The quantitative estimate of drug-likeness (QED) is 0.877. The Kier molecular flexibility index (Phi) is 4.25. The van der Waals surface area contributed by atoms with Crippen LogP contribution in [0.1, 0.15) is 45.2 Å². The minimum atomic E-state index is -0.0198. The van der Waals surface area contributed by atoms with Gasteiger partial charge in [0.2, 0.25) is 5.91 Å². The summed E-state index contributed by atoms with van der Waals surface area (Å²) in [6, 6.07) is 10.2. The molecule has 1 aliphatic heterocycles.